The molecule has 3 saturated carbocycles. The van der Waals surface area contributed by atoms with Crippen molar-refractivity contribution in [3.05, 3.63) is 0 Å². The maximum atomic E-state index is 11.7. The van der Waals surface area contributed by atoms with Gasteiger partial charge in [0.2, 0.25) is 0 Å². The molecule has 2 heterocycles. The Morgan fingerprint density at radius 1 is 1.00 bits per heavy atom. The molecule has 5 fully saturated rings. The number of hydrogen-bond donors (Lipinski definition) is 0. The summed E-state index contributed by atoms with van der Waals surface area (Å²) in [6.07, 6.45) is -0.168. The van der Waals surface area contributed by atoms with Crippen LogP contribution < -0.4 is 0 Å². The van der Waals surface area contributed by atoms with Crippen molar-refractivity contribution in [2.45, 2.75) is 12.2 Å². The summed E-state index contributed by atoms with van der Waals surface area (Å²) in [6.45, 7) is 0. The molecule has 6 atom stereocenters. The van der Waals surface area contributed by atoms with Crippen molar-refractivity contribution in [2.24, 2.45) is 22.7 Å². The van der Waals surface area contributed by atoms with E-state index in [4.69, 9.17) is 14.2 Å². The fourth-order valence-corrected chi connectivity index (χ4v) is 4.35. The largest absolute Gasteiger partial charge is 0.468 e. The standard InChI is InChI=1S/C10H10O5/c1-13-7(11)9-3-4-6(15-5(3)9)10(4,9)8(12)14-2/h3-6H,1-2H3/t3-,4+,5-,6+,9-,10-/m0/s1. The third kappa shape index (κ3) is 0.427. The van der Waals surface area contributed by atoms with E-state index in [1.807, 2.05) is 0 Å². The zero-order valence-corrected chi connectivity index (χ0v) is 8.35. The molecule has 0 aromatic carbocycles. The second kappa shape index (κ2) is 1.80. The second-order valence-corrected chi connectivity index (χ2v) is 4.75. The Morgan fingerprint density at radius 3 is 1.67 bits per heavy atom. The van der Waals surface area contributed by atoms with Crippen LogP contribution in [0, 0.1) is 22.7 Å². The van der Waals surface area contributed by atoms with Crippen molar-refractivity contribution in [1.29, 1.82) is 0 Å². The lowest BCUT2D eigenvalue weighted by atomic mass is 9.72. The van der Waals surface area contributed by atoms with Gasteiger partial charge in [0, 0.05) is 11.8 Å². The molecule has 0 aromatic rings. The Hall–Kier alpha value is -1.10. The highest BCUT2D eigenvalue weighted by Gasteiger charge is 3.12. The monoisotopic (exact) mass is 210 g/mol. The molecule has 2 aliphatic heterocycles. The lowest BCUT2D eigenvalue weighted by Gasteiger charge is -2.29. The molecule has 5 nitrogen and oxygen atoms in total. The SMILES string of the molecule is COC(=O)[C@]12[C@@H]3[C@H]4[C@H](O[C@H]31)[C@]42C(=O)OC. The quantitative estimate of drug-likeness (QED) is 0.566. The second-order valence-electron chi connectivity index (χ2n) is 4.75. The molecule has 0 N–H and O–H groups in total. The third-order valence-corrected chi connectivity index (χ3v) is 4.79. The summed E-state index contributed by atoms with van der Waals surface area (Å²) in [4.78, 5) is 23.5. The Labute approximate surface area is 85.7 Å². The molecular formula is C10H10O5. The van der Waals surface area contributed by atoms with Gasteiger partial charge in [-0.25, -0.2) is 0 Å². The topological polar surface area (TPSA) is 61.8 Å². The van der Waals surface area contributed by atoms with Crippen molar-refractivity contribution >= 4 is 11.9 Å². The van der Waals surface area contributed by atoms with Crippen LogP contribution in [0.2, 0.25) is 0 Å². The molecule has 3 aliphatic carbocycles. The predicted octanol–water partition coefficient (Wildman–Crippen LogP) is -0.654. The zero-order chi connectivity index (χ0) is 10.6. The molecule has 0 spiro atoms. The number of methoxy groups -OCH3 is 2. The van der Waals surface area contributed by atoms with Crippen LogP contribution in [-0.4, -0.2) is 38.4 Å². The Bertz CT molecular complexity index is 363. The number of carbonyl (C=O) groups excluding carboxylic acids is 2. The first-order valence-corrected chi connectivity index (χ1v) is 5.01. The average Bonchev–Trinajstić information content (AvgIpc) is 2.88. The van der Waals surface area contributed by atoms with Gasteiger partial charge in [-0.1, -0.05) is 0 Å². The summed E-state index contributed by atoms with van der Waals surface area (Å²) >= 11 is 0. The van der Waals surface area contributed by atoms with Gasteiger partial charge in [-0.2, -0.15) is 0 Å². The molecule has 5 rings (SSSR count). The molecule has 0 aromatic heterocycles. The van der Waals surface area contributed by atoms with Crippen LogP contribution in [-0.2, 0) is 23.8 Å². The molecule has 2 saturated heterocycles. The van der Waals surface area contributed by atoms with E-state index in [0.717, 1.165) is 0 Å². The number of rotatable bonds is 2. The van der Waals surface area contributed by atoms with Crippen LogP contribution >= 0.6 is 0 Å². The van der Waals surface area contributed by atoms with Gasteiger partial charge < -0.3 is 14.2 Å². The van der Waals surface area contributed by atoms with Crippen molar-refractivity contribution in [3.63, 3.8) is 0 Å². The molecular weight excluding hydrogens is 200 g/mol. The van der Waals surface area contributed by atoms with Crippen molar-refractivity contribution in [3.8, 4) is 0 Å². The fourth-order valence-electron chi connectivity index (χ4n) is 4.35. The van der Waals surface area contributed by atoms with Crippen molar-refractivity contribution < 1.29 is 23.8 Å². The Kier molecular flexibility index (Phi) is 0.969. The first-order valence-electron chi connectivity index (χ1n) is 5.01. The fraction of sp³-hybridized carbons (Fsp3) is 0.800. The summed E-state index contributed by atoms with van der Waals surface area (Å²) in [5.74, 6) is -0.179. The van der Waals surface area contributed by atoms with E-state index >= 15 is 0 Å². The molecule has 5 aliphatic rings. The van der Waals surface area contributed by atoms with Gasteiger partial charge in [0.15, 0.2) is 0 Å². The lowest BCUT2D eigenvalue weighted by molar-refractivity contribution is -0.168. The predicted molar refractivity (Wildman–Crippen MR) is 44.5 cm³/mol. The van der Waals surface area contributed by atoms with E-state index in [1.54, 1.807) is 0 Å². The first kappa shape index (κ1) is 8.10. The first-order chi connectivity index (χ1) is 7.18. The van der Waals surface area contributed by atoms with Crippen molar-refractivity contribution in [1.82, 2.24) is 0 Å². The molecule has 2 bridgehead atoms. The van der Waals surface area contributed by atoms with Gasteiger partial charge in [-0.3, -0.25) is 9.59 Å². The summed E-state index contributed by atoms with van der Waals surface area (Å²) in [5.41, 5.74) is -1.35. The number of hydrogen-bond acceptors (Lipinski definition) is 5. The Morgan fingerprint density at radius 2 is 1.40 bits per heavy atom. The average molecular weight is 210 g/mol. The molecule has 0 radical (unpaired) electrons. The molecule has 5 heteroatoms. The maximum absolute atomic E-state index is 11.7. The van der Waals surface area contributed by atoms with Gasteiger partial charge >= 0.3 is 11.9 Å². The van der Waals surface area contributed by atoms with E-state index in [2.05, 4.69) is 0 Å². The highest BCUT2D eigenvalue weighted by Crippen LogP contribution is 2.99. The zero-order valence-electron chi connectivity index (χ0n) is 8.35. The van der Waals surface area contributed by atoms with Crippen LogP contribution in [0.15, 0.2) is 0 Å². The molecule has 15 heavy (non-hydrogen) atoms. The minimum Gasteiger partial charge on any atom is -0.468 e. The van der Waals surface area contributed by atoms with Gasteiger partial charge in [-0.05, 0) is 0 Å². The number of esters is 2. The van der Waals surface area contributed by atoms with E-state index in [9.17, 15) is 9.59 Å². The van der Waals surface area contributed by atoms with Gasteiger partial charge in [-0.15, -0.1) is 0 Å². The normalized spacial score (nSPS) is 60.1. The third-order valence-electron chi connectivity index (χ3n) is 4.79. The van der Waals surface area contributed by atoms with Crippen LogP contribution in [0.5, 0.6) is 0 Å². The summed E-state index contributed by atoms with van der Waals surface area (Å²) in [5, 5.41) is 0. The highest BCUT2D eigenvalue weighted by molar-refractivity contribution is 6.02. The maximum Gasteiger partial charge on any atom is 0.316 e. The van der Waals surface area contributed by atoms with E-state index in [-0.39, 0.29) is 36.0 Å². The molecule has 0 unspecified atom stereocenters. The van der Waals surface area contributed by atoms with E-state index < -0.39 is 10.8 Å². The van der Waals surface area contributed by atoms with Crippen LogP contribution in [0.3, 0.4) is 0 Å². The lowest BCUT2D eigenvalue weighted by Crippen LogP contribution is -2.45. The molecule has 0 amide bonds. The molecule has 80 valence electrons. The van der Waals surface area contributed by atoms with Crippen LogP contribution in [0.1, 0.15) is 0 Å². The van der Waals surface area contributed by atoms with Crippen molar-refractivity contribution in [2.75, 3.05) is 14.2 Å². The number of ether oxygens (including phenoxy) is 3. The van der Waals surface area contributed by atoms with Gasteiger partial charge in [0.05, 0.1) is 26.4 Å². The van der Waals surface area contributed by atoms with Crippen LogP contribution in [0.4, 0.5) is 0 Å². The minimum atomic E-state index is -0.676. The summed E-state index contributed by atoms with van der Waals surface area (Å²) in [6, 6.07) is 0. The van der Waals surface area contributed by atoms with Gasteiger partial charge in [0.25, 0.3) is 0 Å². The Balaban J connectivity index is 1.81. The highest BCUT2D eigenvalue weighted by atomic mass is 16.6. The summed E-state index contributed by atoms with van der Waals surface area (Å²) < 4.78 is 15.2. The van der Waals surface area contributed by atoms with Crippen LogP contribution in [0.25, 0.3) is 0 Å². The summed E-state index contributed by atoms with van der Waals surface area (Å²) in [7, 11) is 2.70. The van der Waals surface area contributed by atoms with Gasteiger partial charge in [0.1, 0.15) is 10.8 Å². The number of carbonyl (C=O) groups is 2. The minimum absolute atomic E-state index is 0.0842. The van der Waals surface area contributed by atoms with E-state index in [0.29, 0.717) is 0 Å². The smallest absolute Gasteiger partial charge is 0.316 e. The van der Waals surface area contributed by atoms with E-state index in [1.165, 1.54) is 14.2 Å².